The van der Waals surface area contributed by atoms with E-state index in [0.29, 0.717) is 23.2 Å². The van der Waals surface area contributed by atoms with E-state index in [0.717, 1.165) is 10.2 Å². The fourth-order valence-corrected chi connectivity index (χ4v) is 2.83. The maximum absolute atomic E-state index is 11.5. The molecule has 0 saturated heterocycles. The van der Waals surface area contributed by atoms with Gasteiger partial charge in [-0.05, 0) is 40.9 Å². The van der Waals surface area contributed by atoms with Crippen LogP contribution in [0.1, 0.15) is 32.4 Å². The fourth-order valence-electron chi connectivity index (χ4n) is 2.19. The van der Waals surface area contributed by atoms with E-state index in [4.69, 9.17) is 0 Å². The zero-order valence-corrected chi connectivity index (χ0v) is 13.2. The number of aliphatic hydroxyl groups excluding tert-OH is 1. The largest absolute Gasteiger partial charge is 0.378 e. The molecule has 1 aromatic carbocycles. The summed E-state index contributed by atoms with van der Waals surface area (Å²) in [5.74, 6) is 0.156. The van der Waals surface area contributed by atoms with Gasteiger partial charge in [0.1, 0.15) is 0 Å². The van der Waals surface area contributed by atoms with Gasteiger partial charge in [0, 0.05) is 28.8 Å². The first kappa shape index (κ1) is 14.3. The molecule has 2 N–H and O–H groups in total. The number of hydrogen-bond donors (Lipinski definition) is 2. The number of hydrogen-bond acceptors (Lipinski definition) is 3. The van der Waals surface area contributed by atoms with Gasteiger partial charge < -0.3 is 15.3 Å². The first-order valence-electron chi connectivity index (χ1n) is 6.38. The SMILES string of the molecule is CC(C)C(C)N(C)c1cc2c(cc1Br)C(O)C(=O)N2. The first-order chi connectivity index (χ1) is 8.82. The number of amides is 1. The molecule has 1 aliphatic heterocycles. The highest BCUT2D eigenvalue weighted by Crippen LogP contribution is 2.39. The molecule has 0 bridgehead atoms. The number of nitrogens with zero attached hydrogens (tertiary/aromatic N) is 1. The number of rotatable bonds is 3. The van der Waals surface area contributed by atoms with Crippen molar-refractivity contribution in [2.24, 2.45) is 5.92 Å². The normalized spacial score (nSPS) is 19.3. The van der Waals surface area contributed by atoms with E-state index in [1.807, 2.05) is 19.2 Å². The Morgan fingerprint density at radius 3 is 2.58 bits per heavy atom. The van der Waals surface area contributed by atoms with Crippen molar-refractivity contribution in [1.29, 1.82) is 0 Å². The van der Waals surface area contributed by atoms with Crippen molar-refractivity contribution in [2.75, 3.05) is 17.3 Å². The summed E-state index contributed by atoms with van der Waals surface area (Å²) in [5.41, 5.74) is 2.33. The van der Waals surface area contributed by atoms with Crippen molar-refractivity contribution in [2.45, 2.75) is 32.9 Å². The molecule has 0 aromatic heterocycles. The molecule has 1 amide bonds. The lowest BCUT2D eigenvalue weighted by molar-refractivity contribution is -0.123. The van der Waals surface area contributed by atoms with Crippen LogP contribution in [-0.4, -0.2) is 24.1 Å². The monoisotopic (exact) mass is 326 g/mol. The van der Waals surface area contributed by atoms with Gasteiger partial charge in [-0.3, -0.25) is 4.79 Å². The minimum atomic E-state index is -1.06. The first-order valence-corrected chi connectivity index (χ1v) is 7.17. The molecular weight excluding hydrogens is 308 g/mol. The average Bonchev–Trinajstić information content (AvgIpc) is 2.62. The molecule has 1 aliphatic rings. The van der Waals surface area contributed by atoms with Gasteiger partial charge in [-0.1, -0.05) is 13.8 Å². The van der Waals surface area contributed by atoms with Gasteiger partial charge in [0.25, 0.3) is 5.91 Å². The lowest BCUT2D eigenvalue weighted by Gasteiger charge is -2.31. The van der Waals surface area contributed by atoms with Gasteiger partial charge in [0.05, 0.1) is 5.69 Å². The van der Waals surface area contributed by atoms with E-state index in [2.05, 4.69) is 46.9 Å². The van der Waals surface area contributed by atoms with Crippen LogP contribution in [0.3, 0.4) is 0 Å². The molecule has 1 aromatic rings. The Labute approximate surface area is 121 Å². The maximum Gasteiger partial charge on any atom is 0.257 e. The van der Waals surface area contributed by atoms with Crippen molar-refractivity contribution in [3.8, 4) is 0 Å². The van der Waals surface area contributed by atoms with Crippen molar-refractivity contribution < 1.29 is 9.90 Å². The lowest BCUT2D eigenvalue weighted by atomic mass is 10.0. The number of benzene rings is 1. The van der Waals surface area contributed by atoms with Crippen LogP contribution in [-0.2, 0) is 4.79 Å². The minimum absolute atomic E-state index is 0.362. The minimum Gasteiger partial charge on any atom is -0.378 e. The Balaban J connectivity index is 2.40. The molecule has 0 radical (unpaired) electrons. The highest BCUT2D eigenvalue weighted by Gasteiger charge is 2.30. The van der Waals surface area contributed by atoms with Gasteiger partial charge in [0.2, 0.25) is 0 Å². The van der Waals surface area contributed by atoms with Crippen molar-refractivity contribution in [1.82, 2.24) is 0 Å². The molecule has 0 spiro atoms. The number of nitrogens with one attached hydrogen (secondary N) is 1. The van der Waals surface area contributed by atoms with Crippen LogP contribution in [0.15, 0.2) is 16.6 Å². The fraction of sp³-hybridized carbons (Fsp3) is 0.500. The number of aliphatic hydroxyl groups is 1. The number of carbonyl (C=O) groups excluding carboxylic acids is 1. The molecule has 4 nitrogen and oxygen atoms in total. The van der Waals surface area contributed by atoms with Crippen molar-refractivity contribution >= 4 is 33.2 Å². The summed E-state index contributed by atoms with van der Waals surface area (Å²) in [5, 5.41) is 12.5. The summed E-state index contributed by atoms with van der Waals surface area (Å²) in [7, 11) is 2.03. The topological polar surface area (TPSA) is 52.6 Å². The highest BCUT2D eigenvalue weighted by atomic mass is 79.9. The van der Waals surface area contributed by atoms with Crippen LogP contribution in [0.5, 0.6) is 0 Å². The quantitative estimate of drug-likeness (QED) is 0.897. The number of halogens is 1. The number of carbonyl (C=O) groups is 1. The summed E-state index contributed by atoms with van der Waals surface area (Å²) < 4.78 is 0.886. The predicted molar refractivity (Wildman–Crippen MR) is 80.4 cm³/mol. The molecule has 1 heterocycles. The molecule has 0 fully saturated rings. The molecule has 2 rings (SSSR count). The summed E-state index contributed by atoms with van der Waals surface area (Å²) in [6, 6.07) is 4.10. The van der Waals surface area contributed by atoms with E-state index in [1.165, 1.54) is 0 Å². The van der Waals surface area contributed by atoms with Gasteiger partial charge in [-0.25, -0.2) is 0 Å². The maximum atomic E-state index is 11.5. The Morgan fingerprint density at radius 1 is 1.37 bits per heavy atom. The standard InChI is InChI=1S/C14H19BrN2O2/c1-7(2)8(3)17(4)12-6-11-9(5-10(12)15)13(18)14(19)16-11/h5-8,13,18H,1-4H3,(H,16,19). The van der Waals surface area contributed by atoms with Crippen molar-refractivity contribution in [3.63, 3.8) is 0 Å². The summed E-state index contributed by atoms with van der Waals surface area (Å²) in [6.07, 6.45) is -1.06. The molecule has 5 heteroatoms. The smallest absolute Gasteiger partial charge is 0.257 e. The number of fused-ring (bicyclic) bond motifs is 1. The zero-order chi connectivity index (χ0) is 14.3. The summed E-state index contributed by atoms with van der Waals surface area (Å²) >= 11 is 3.52. The molecular formula is C14H19BrN2O2. The molecule has 19 heavy (non-hydrogen) atoms. The third-order valence-electron chi connectivity index (χ3n) is 3.88. The third kappa shape index (κ3) is 2.49. The summed E-state index contributed by atoms with van der Waals surface area (Å²) in [6.45, 7) is 6.51. The Bertz CT molecular complexity index is 516. The second-order valence-corrected chi connectivity index (χ2v) is 6.23. The molecule has 104 valence electrons. The van der Waals surface area contributed by atoms with E-state index >= 15 is 0 Å². The van der Waals surface area contributed by atoms with Crippen LogP contribution in [0.4, 0.5) is 11.4 Å². The van der Waals surface area contributed by atoms with Crippen LogP contribution >= 0.6 is 15.9 Å². The van der Waals surface area contributed by atoms with Gasteiger partial charge in [-0.2, -0.15) is 0 Å². The predicted octanol–water partition coefficient (Wildman–Crippen LogP) is 2.92. The van der Waals surface area contributed by atoms with E-state index in [1.54, 1.807) is 0 Å². The van der Waals surface area contributed by atoms with Gasteiger partial charge in [0.15, 0.2) is 6.10 Å². The molecule has 0 saturated carbocycles. The van der Waals surface area contributed by atoms with Crippen molar-refractivity contribution in [3.05, 3.63) is 22.2 Å². The lowest BCUT2D eigenvalue weighted by Crippen LogP contribution is -2.33. The Kier molecular flexibility index (Phi) is 3.87. The molecule has 0 aliphatic carbocycles. The second kappa shape index (κ2) is 5.13. The second-order valence-electron chi connectivity index (χ2n) is 5.38. The molecule has 2 atom stereocenters. The van der Waals surface area contributed by atoms with E-state index in [9.17, 15) is 9.90 Å². The number of anilines is 2. The average molecular weight is 327 g/mol. The van der Waals surface area contributed by atoms with E-state index < -0.39 is 6.10 Å². The molecule has 2 unspecified atom stereocenters. The van der Waals surface area contributed by atoms with Crippen LogP contribution in [0.25, 0.3) is 0 Å². The van der Waals surface area contributed by atoms with E-state index in [-0.39, 0.29) is 5.91 Å². The third-order valence-corrected chi connectivity index (χ3v) is 4.51. The van der Waals surface area contributed by atoms with Gasteiger partial charge >= 0.3 is 0 Å². The Morgan fingerprint density at radius 2 is 2.00 bits per heavy atom. The van der Waals surface area contributed by atoms with Crippen LogP contribution in [0, 0.1) is 5.92 Å². The highest BCUT2D eigenvalue weighted by molar-refractivity contribution is 9.10. The van der Waals surface area contributed by atoms with Crippen LogP contribution < -0.4 is 10.2 Å². The van der Waals surface area contributed by atoms with Gasteiger partial charge in [-0.15, -0.1) is 0 Å². The zero-order valence-electron chi connectivity index (χ0n) is 11.6. The Hall–Kier alpha value is -1.07. The van der Waals surface area contributed by atoms with Crippen LogP contribution in [0.2, 0.25) is 0 Å². The summed E-state index contributed by atoms with van der Waals surface area (Å²) in [4.78, 5) is 13.6.